The van der Waals surface area contributed by atoms with Gasteiger partial charge < -0.3 is 5.73 Å². The van der Waals surface area contributed by atoms with Gasteiger partial charge in [-0.3, -0.25) is 0 Å². The molecule has 0 aromatic carbocycles. The van der Waals surface area contributed by atoms with Crippen LogP contribution in [-0.4, -0.2) is 17.6 Å². The first-order valence-corrected chi connectivity index (χ1v) is 3.64. The summed E-state index contributed by atoms with van der Waals surface area (Å²) >= 11 is 0. The number of carbonyl (C=O) groups excluding carboxylic acids is 1. The van der Waals surface area contributed by atoms with Crippen LogP contribution in [0.4, 0.5) is 4.79 Å². The maximum absolute atomic E-state index is 10.5. The molecule has 0 fully saturated rings. The lowest BCUT2D eigenvalue weighted by Gasteiger charge is -2.12. The second kappa shape index (κ2) is 5.29. The third-order valence-corrected chi connectivity index (χ3v) is 1.33. The smallest absolute Gasteiger partial charge is 0.337 e. The van der Waals surface area contributed by atoms with Crippen molar-refractivity contribution >= 4 is 6.03 Å². The number of nitroso groups, excluding NO2 is 1. The number of hydrogen-bond acceptors (Lipinski definition) is 3. The first kappa shape index (κ1) is 10.6. The average Bonchev–Trinajstić information content (AvgIpc) is 2.00. The highest BCUT2D eigenvalue weighted by Crippen LogP contribution is 2.01. The molecular weight excluding hydrogens is 158 g/mol. The normalized spacial score (nSPS) is 12.8. The molecular formula is C7H13N3O2. The second-order valence-electron chi connectivity index (χ2n) is 2.51. The number of allylic oxidation sites excluding steroid dienone is 1. The zero-order valence-electron chi connectivity index (χ0n) is 7.23. The predicted molar refractivity (Wildman–Crippen MR) is 46.1 cm³/mol. The summed E-state index contributed by atoms with van der Waals surface area (Å²) in [4.78, 5) is 20.5. The molecule has 0 spiro atoms. The van der Waals surface area contributed by atoms with E-state index >= 15 is 0 Å². The van der Waals surface area contributed by atoms with Gasteiger partial charge in [0.25, 0.3) is 0 Å². The van der Waals surface area contributed by atoms with Crippen LogP contribution in [0.25, 0.3) is 0 Å². The summed E-state index contributed by atoms with van der Waals surface area (Å²) in [7, 11) is 0. The van der Waals surface area contributed by atoms with Crippen LogP contribution in [0.3, 0.4) is 0 Å². The fourth-order valence-corrected chi connectivity index (χ4v) is 0.826. The molecule has 0 aliphatic rings. The molecule has 1 unspecified atom stereocenters. The maximum Gasteiger partial charge on any atom is 0.337 e. The standard InChI is InChI=1S/C7H13N3O2/c1-3-4-6(2)5-10(9-12)7(8)11/h3-4,6H,5H2,1-2H3,(H2,8,11)/b4-3+. The van der Waals surface area contributed by atoms with E-state index in [4.69, 9.17) is 5.73 Å². The molecule has 0 aliphatic carbocycles. The molecule has 0 radical (unpaired) electrons. The van der Waals surface area contributed by atoms with Crippen molar-refractivity contribution < 1.29 is 4.79 Å². The summed E-state index contributed by atoms with van der Waals surface area (Å²) in [5.74, 6) is 0.0835. The Balaban J connectivity index is 4.02. The Morgan fingerprint density at radius 3 is 2.67 bits per heavy atom. The van der Waals surface area contributed by atoms with Gasteiger partial charge >= 0.3 is 6.03 Å². The molecule has 0 rings (SSSR count). The molecule has 0 saturated carbocycles. The van der Waals surface area contributed by atoms with Crippen molar-refractivity contribution in [1.82, 2.24) is 5.01 Å². The zero-order chi connectivity index (χ0) is 9.56. The van der Waals surface area contributed by atoms with Gasteiger partial charge in [0.15, 0.2) is 0 Å². The van der Waals surface area contributed by atoms with Crippen molar-refractivity contribution in [2.24, 2.45) is 16.9 Å². The van der Waals surface area contributed by atoms with E-state index in [-0.39, 0.29) is 12.5 Å². The number of amides is 2. The van der Waals surface area contributed by atoms with E-state index in [9.17, 15) is 9.70 Å². The van der Waals surface area contributed by atoms with E-state index < -0.39 is 6.03 Å². The largest absolute Gasteiger partial charge is 0.350 e. The summed E-state index contributed by atoms with van der Waals surface area (Å²) in [5, 5.41) is 3.18. The number of carbonyl (C=O) groups is 1. The van der Waals surface area contributed by atoms with Gasteiger partial charge in [-0.15, -0.1) is 4.91 Å². The first-order valence-electron chi connectivity index (χ1n) is 3.64. The Labute approximate surface area is 71.2 Å². The fourth-order valence-electron chi connectivity index (χ4n) is 0.826. The minimum Gasteiger partial charge on any atom is -0.350 e. The number of rotatable bonds is 4. The Kier molecular flexibility index (Phi) is 4.67. The highest BCUT2D eigenvalue weighted by Gasteiger charge is 2.11. The molecule has 0 aliphatic heterocycles. The SMILES string of the molecule is C/C=C/C(C)CN(N=O)C(N)=O. The van der Waals surface area contributed by atoms with Crippen LogP contribution < -0.4 is 5.73 Å². The quantitative estimate of drug-likeness (QED) is 0.392. The molecule has 0 bridgehead atoms. The molecule has 0 aromatic heterocycles. The van der Waals surface area contributed by atoms with Gasteiger partial charge in [-0.2, -0.15) is 5.01 Å². The monoisotopic (exact) mass is 171 g/mol. The second-order valence-corrected chi connectivity index (χ2v) is 2.51. The Hall–Kier alpha value is -1.39. The van der Waals surface area contributed by atoms with Crippen LogP contribution in [0, 0.1) is 10.8 Å². The molecule has 5 heteroatoms. The summed E-state index contributed by atoms with van der Waals surface area (Å²) in [6.07, 6.45) is 3.70. The number of primary amides is 1. The summed E-state index contributed by atoms with van der Waals surface area (Å²) in [5.41, 5.74) is 4.86. The van der Waals surface area contributed by atoms with Crippen LogP contribution in [0.5, 0.6) is 0 Å². The zero-order valence-corrected chi connectivity index (χ0v) is 7.23. The first-order chi connectivity index (χ1) is 5.61. The molecule has 2 amide bonds. The van der Waals surface area contributed by atoms with Crippen molar-refractivity contribution in [3.05, 3.63) is 17.1 Å². The number of nitrogens with zero attached hydrogens (tertiary/aromatic N) is 2. The van der Waals surface area contributed by atoms with Crippen molar-refractivity contribution in [3.8, 4) is 0 Å². The van der Waals surface area contributed by atoms with Gasteiger partial charge in [0, 0.05) is 0 Å². The molecule has 12 heavy (non-hydrogen) atoms. The van der Waals surface area contributed by atoms with Crippen LogP contribution in [0.15, 0.2) is 17.4 Å². The minimum absolute atomic E-state index is 0.0835. The fraction of sp³-hybridized carbons (Fsp3) is 0.571. The molecule has 68 valence electrons. The minimum atomic E-state index is -0.818. The van der Waals surface area contributed by atoms with Gasteiger partial charge in [-0.05, 0) is 12.8 Å². The molecule has 0 heterocycles. The van der Waals surface area contributed by atoms with E-state index in [1.165, 1.54) is 0 Å². The molecule has 0 aromatic rings. The van der Waals surface area contributed by atoms with Crippen LogP contribution >= 0.6 is 0 Å². The Morgan fingerprint density at radius 1 is 1.75 bits per heavy atom. The number of urea groups is 1. The van der Waals surface area contributed by atoms with Crippen LogP contribution in [0.2, 0.25) is 0 Å². The van der Waals surface area contributed by atoms with Gasteiger partial charge in [-0.25, -0.2) is 4.79 Å². The highest BCUT2D eigenvalue weighted by molar-refractivity contribution is 5.71. The number of hydrogen-bond donors (Lipinski definition) is 1. The third kappa shape index (κ3) is 3.70. The van der Waals surface area contributed by atoms with Crippen LogP contribution in [-0.2, 0) is 0 Å². The number of nitrogens with two attached hydrogens (primary N) is 1. The topological polar surface area (TPSA) is 75.8 Å². The van der Waals surface area contributed by atoms with Crippen molar-refractivity contribution in [2.75, 3.05) is 6.54 Å². The lowest BCUT2D eigenvalue weighted by atomic mass is 10.1. The van der Waals surface area contributed by atoms with Gasteiger partial charge in [0.1, 0.15) is 0 Å². The Bertz CT molecular complexity index is 191. The molecule has 5 nitrogen and oxygen atoms in total. The van der Waals surface area contributed by atoms with Crippen LogP contribution in [0.1, 0.15) is 13.8 Å². The maximum atomic E-state index is 10.5. The molecule has 0 saturated heterocycles. The van der Waals surface area contributed by atoms with E-state index in [1.54, 1.807) is 0 Å². The van der Waals surface area contributed by atoms with Crippen molar-refractivity contribution in [1.29, 1.82) is 0 Å². The molecule has 2 N–H and O–H groups in total. The summed E-state index contributed by atoms with van der Waals surface area (Å²) < 4.78 is 0. The van der Waals surface area contributed by atoms with E-state index in [2.05, 4.69) is 5.29 Å². The average molecular weight is 171 g/mol. The molecule has 1 atom stereocenters. The lowest BCUT2D eigenvalue weighted by molar-refractivity contribution is 0.204. The van der Waals surface area contributed by atoms with E-state index in [1.807, 2.05) is 26.0 Å². The van der Waals surface area contributed by atoms with Gasteiger partial charge in [-0.1, -0.05) is 19.1 Å². The summed E-state index contributed by atoms with van der Waals surface area (Å²) in [6.45, 7) is 3.95. The van der Waals surface area contributed by atoms with Crippen molar-refractivity contribution in [3.63, 3.8) is 0 Å². The van der Waals surface area contributed by atoms with E-state index in [0.29, 0.717) is 5.01 Å². The van der Waals surface area contributed by atoms with E-state index in [0.717, 1.165) is 0 Å². The van der Waals surface area contributed by atoms with Gasteiger partial charge in [0.05, 0.1) is 11.8 Å². The summed E-state index contributed by atoms with van der Waals surface area (Å²) in [6, 6.07) is -0.818. The third-order valence-electron chi connectivity index (χ3n) is 1.33. The highest BCUT2D eigenvalue weighted by atomic mass is 16.3. The predicted octanol–water partition coefficient (Wildman–Crippen LogP) is 1.26. The van der Waals surface area contributed by atoms with Crippen molar-refractivity contribution in [2.45, 2.75) is 13.8 Å². The Morgan fingerprint density at radius 2 is 2.33 bits per heavy atom. The van der Waals surface area contributed by atoms with Gasteiger partial charge in [0.2, 0.25) is 0 Å². The lowest BCUT2D eigenvalue weighted by Crippen LogP contribution is -2.33.